The standard InChI is InChI=1S/C17H20N4O3/c1-19-7-6-18-16(17(19)23)21-9-8-20(15(22)12-21)11-13-4-3-5-14(10-13)24-2/h3-7,10H,8-9,11-12H2,1-2H3. The van der Waals surface area contributed by atoms with Gasteiger partial charge in [0.2, 0.25) is 5.91 Å². The van der Waals surface area contributed by atoms with Crippen LogP contribution < -0.4 is 15.2 Å². The maximum Gasteiger partial charge on any atom is 0.293 e. The largest absolute Gasteiger partial charge is 0.497 e. The molecule has 24 heavy (non-hydrogen) atoms. The highest BCUT2D eigenvalue weighted by Crippen LogP contribution is 2.16. The number of ether oxygens (including phenoxy) is 1. The second-order valence-corrected chi connectivity index (χ2v) is 5.76. The molecule has 0 radical (unpaired) electrons. The topological polar surface area (TPSA) is 67.7 Å². The molecular formula is C17H20N4O3. The van der Waals surface area contributed by atoms with Crippen molar-refractivity contribution in [1.29, 1.82) is 0 Å². The fraction of sp³-hybridized carbons (Fsp3) is 0.353. The number of benzene rings is 1. The zero-order chi connectivity index (χ0) is 17.1. The number of amides is 1. The monoisotopic (exact) mass is 328 g/mol. The van der Waals surface area contributed by atoms with Crippen molar-refractivity contribution in [2.45, 2.75) is 6.54 Å². The maximum absolute atomic E-state index is 12.4. The van der Waals surface area contributed by atoms with Crippen LogP contribution in [0.15, 0.2) is 41.5 Å². The number of carbonyl (C=O) groups excluding carboxylic acids is 1. The number of hydrogen-bond donors (Lipinski definition) is 0. The van der Waals surface area contributed by atoms with Crippen LogP contribution in [0.25, 0.3) is 0 Å². The first-order valence-electron chi connectivity index (χ1n) is 7.76. The van der Waals surface area contributed by atoms with E-state index in [-0.39, 0.29) is 18.0 Å². The summed E-state index contributed by atoms with van der Waals surface area (Å²) in [5.74, 6) is 1.08. The molecule has 7 nitrogen and oxygen atoms in total. The Labute approximate surface area is 140 Å². The summed E-state index contributed by atoms with van der Waals surface area (Å²) in [6, 6.07) is 7.68. The first-order chi connectivity index (χ1) is 11.6. The van der Waals surface area contributed by atoms with E-state index in [4.69, 9.17) is 4.74 Å². The molecule has 126 valence electrons. The number of hydrogen-bond acceptors (Lipinski definition) is 5. The maximum atomic E-state index is 12.4. The van der Waals surface area contributed by atoms with Crippen molar-refractivity contribution < 1.29 is 9.53 Å². The highest BCUT2D eigenvalue weighted by molar-refractivity contribution is 5.82. The van der Waals surface area contributed by atoms with Crippen LogP contribution in [0.2, 0.25) is 0 Å². The van der Waals surface area contributed by atoms with Crippen molar-refractivity contribution in [2.24, 2.45) is 7.05 Å². The number of nitrogens with zero attached hydrogens (tertiary/aromatic N) is 4. The van der Waals surface area contributed by atoms with E-state index in [2.05, 4.69) is 4.98 Å². The third-order valence-corrected chi connectivity index (χ3v) is 4.12. The Hall–Kier alpha value is -2.83. The predicted molar refractivity (Wildman–Crippen MR) is 90.1 cm³/mol. The van der Waals surface area contributed by atoms with Gasteiger partial charge in [0.25, 0.3) is 5.56 Å². The van der Waals surface area contributed by atoms with Gasteiger partial charge in [0.05, 0.1) is 13.7 Å². The molecule has 1 aromatic heterocycles. The van der Waals surface area contributed by atoms with Crippen molar-refractivity contribution in [3.8, 4) is 5.75 Å². The quantitative estimate of drug-likeness (QED) is 0.824. The van der Waals surface area contributed by atoms with E-state index in [0.717, 1.165) is 11.3 Å². The molecule has 3 rings (SSSR count). The van der Waals surface area contributed by atoms with Crippen molar-refractivity contribution >= 4 is 11.7 Å². The molecule has 1 aliphatic rings. The Kier molecular flexibility index (Phi) is 4.50. The molecule has 2 heterocycles. The van der Waals surface area contributed by atoms with Crippen LogP contribution in [0, 0.1) is 0 Å². The second kappa shape index (κ2) is 6.74. The second-order valence-electron chi connectivity index (χ2n) is 5.76. The smallest absolute Gasteiger partial charge is 0.293 e. The molecule has 1 amide bonds. The summed E-state index contributed by atoms with van der Waals surface area (Å²) in [6.07, 6.45) is 3.18. The van der Waals surface area contributed by atoms with Gasteiger partial charge in [-0.1, -0.05) is 12.1 Å². The average molecular weight is 328 g/mol. The minimum Gasteiger partial charge on any atom is -0.497 e. The first-order valence-corrected chi connectivity index (χ1v) is 7.76. The van der Waals surface area contributed by atoms with Crippen LogP contribution in [0.4, 0.5) is 5.82 Å². The van der Waals surface area contributed by atoms with Crippen LogP contribution >= 0.6 is 0 Å². The highest BCUT2D eigenvalue weighted by atomic mass is 16.5. The van der Waals surface area contributed by atoms with Crippen LogP contribution in [-0.2, 0) is 18.4 Å². The predicted octanol–water partition coefficient (Wildman–Crippen LogP) is 0.638. The van der Waals surface area contributed by atoms with Gasteiger partial charge < -0.3 is 19.1 Å². The van der Waals surface area contributed by atoms with Gasteiger partial charge in [0, 0.05) is 39.1 Å². The molecule has 1 saturated heterocycles. The minimum atomic E-state index is -0.188. The fourth-order valence-electron chi connectivity index (χ4n) is 2.75. The van der Waals surface area contributed by atoms with Crippen molar-refractivity contribution in [2.75, 3.05) is 31.6 Å². The molecular weight excluding hydrogens is 308 g/mol. The van der Waals surface area contributed by atoms with E-state index < -0.39 is 0 Å². The van der Waals surface area contributed by atoms with Gasteiger partial charge in [0.15, 0.2) is 5.82 Å². The van der Waals surface area contributed by atoms with Crippen molar-refractivity contribution in [1.82, 2.24) is 14.5 Å². The summed E-state index contributed by atoms with van der Waals surface area (Å²) in [5.41, 5.74) is 0.830. The highest BCUT2D eigenvalue weighted by Gasteiger charge is 2.26. The van der Waals surface area contributed by atoms with E-state index in [9.17, 15) is 9.59 Å². The zero-order valence-electron chi connectivity index (χ0n) is 13.8. The number of rotatable bonds is 4. The van der Waals surface area contributed by atoms with E-state index in [0.29, 0.717) is 25.5 Å². The first kappa shape index (κ1) is 16.0. The zero-order valence-corrected chi connectivity index (χ0v) is 13.8. The van der Waals surface area contributed by atoms with Gasteiger partial charge in [-0.15, -0.1) is 0 Å². The number of methoxy groups -OCH3 is 1. The number of piperazine rings is 1. The Morgan fingerprint density at radius 2 is 2.08 bits per heavy atom. The number of anilines is 1. The van der Waals surface area contributed by atoms with E-state index in [1.807, 2.05) is 24.3 Å². The number of aryl methyl sites for hydroxylation is 1. The third kappa shape index (κ3) is 3.24. The van der Waals surface area contributed by atoms with Crippen LogP contribution in [-0.4, -0.2) is 47.1 Å². The lowest BCUT2D eigenvalue weighted by atomic mass is 10.2. The van der Waals surface area contributed by atoms with Crippen LogP contribution in [0.1, 0.15) is 5.56 Å². The molecule has 0 saturated carbocycles. The summed E-state index contributed by atoms with van der Waals surface area (Å²) >= 11 is 0. The minimum absolute atomic E-state index is 0.0169. The average Bonchev–Trinajstić information content (AvgIpc) is 2.59. The third-order valence-electron chi connectivity index (χ3n) is 4.12. The van der Waals surface area contributed by atoms with Gasteiger partial charge in [-0.25, -0.2) is 4.98 Å². The van der Waals surface area contributed by atoms with Crippen LogP contribution in [0.3, 0.4) is 0 Å². The van der Waals surface area contributed by atoms with Gasteiger partial charge in [-0.2, -0.15) is 0 Å². The van der Waals surface area contributed by atoms with E-state index in [1.165, 1.54) is 4.57 Å². The molecule has 0 N–H and O–H groups in total. The Morgan fingerprint density at radius 3 is 2.83 bits per heavy atom. The van der Waals surface area contributed by atoms with E-state index >= 15 is 0 Å². The summed E-state index contributed by atoms with van der Waals surface area (Å²) < 4.78 is 6.68. The molecule has 7 heteroatoms. The summed E-state index contributed by atoms with van der Waals surface area (Å²) in [5, 5.41) is 0. The summed E-state index contributed by atoms with van der Waals surface area (Å²) in [6.45, 7) is 1.83. The Bertz CT molecular complexity index is 802. The Morgan fingerprint density at radius 1 is 1.25 bits per heavy atom. The molecule has 1 aromatic carbocycles. The summed E-state index contributed by atoms with van der Waals surface area (Å²) in [4.78, 5) is 32.3. The fourth-order valence-corrected chi connectivity index (χ4v) is 2.75. The lowest BCUT2D eigenvalue weighted by Gasteiger charge is -2.34. The molecule has 0 atom stereocenters. The van der Waals surface area contributed by atoms with Gasteiger partial charge in [-0.05, 0) is 17.7 Å². The Balaban J connectivity index is 1.70. The van der Waals surface area contributed by atoms with Gasteiger partial charge in [0.1, 0.15) is 5.75 Å². The van der Waals surface area contributed by atoms with Gasteiger partial charge in [-0.3, -0.25) is 9.59 Å². The lowest BCUT2D eigenvalue weighted by Crippen LogP contribution is -2.51. The van der Waals surface area contributed by atoms with Crippen molar-refractivity contribution in [3.05, 3.63) is 52.6 Å². The lowest BCUT2D eigenvalue weighted by molar-refractivity contribution is -0.131. The molecule has 1 aliphatic heterocycles. The molecule has 0 spiro atoms. The van der Waals surface area contributed by atoms with Crippen LogP contribution in [0.5, 0.6) is 5.75 Å². The molecule has 0 unspecified atom stereocenters. The molecule has 2 aromatic rings. The SMILES string of the molecule is COc1cccc(CN2CCN(c3nccn(C)c3=O)CC2=O)c1. The van der Waals surface area contributed by atoms with Crippen molar-refractivity contribution in [3.63, 3.8) is 0 Å². The molecule has 1 fully saturated rings. The molecule has 0 bridgehead atoms. The summed E-state index contributed by atoms with van der Waals surface area (Å²) in [7, 11) is 3.30. The number of carbonyl (C=O) groups is 1. The van der Waals surface area contributed by atoms with E-state index in [1.54, 1.807) is 36.4 Å². The normalized spacial score (nSPS) is 14.8. The molecule has 0 aliphatic carbocycles. The van der Waals surface area contributed by atoms with Gasteiger partial charge >= 0.3 is 0 Å². The number of aromatic nitrogens is 2.